The van der Waals surface area contributed by atoms with Gasteiger partial charge in [-0.25, -0.2) is 0 Å². The van der Waals surface area contributed by atoms with E-state index in [-0.39, 0.29) is 11.1 Å². The smallest absolute Gasteiger partial charge is 0.0645 e. The van der Waals surface area contributed by atoms with E-state index in [1.165, 1.54) is 0 Å². The molecular formula is C54H38N2. The molecule has 0 aliphatic rings. The highest BCUT2D eigenvalue weighted by Gasteiger charge is 2.18. The summed E-state index contributed by atoms with van der Waals surface area (Å²) in [6.07, 6.45) is 0. The molecule has 1 aromatic heterocycles. The molecule has 264 valence electrons. The van der Waals surface area contributed by atoms with Crippen molar-refractivity contribution in [2.75, 3.05) is 4.90 Å². The molecule has 0 saturated heterocycles. The third kappa shape index (κ3) is 6.14. The first-order valence-electron chi connectivity index (χ1n) is 30.1. The predicted molar refractivity (Wildman–Crippen MR) is 237 cm³/mol. The first kappa shape index (κ1) is 15.7. The zero-order valence-corrected chi connectivity index (χ0v) is 28.8. The van der Waals surface area contributed by atoms with Gasteiger partial charge in [-0.2, -0.15) is 0 Å². The monoisotopic (exact) mass is 740 g/mol. The standard InChI is InChI=1S/C54H38N2/c1-4-14-39(15-5-1)40-24-26-41(27-25-40)42-28-33-47(34-29-42)55(52-22-12-10-20-49(52)44-16-6-2-7-17-44)48-35-30-43(31-36-48)45-32-37-54-51(38-45)50-21-11-13-23-53(50)56(54)46-18-8-3-9-19-46/h1-38H/i1D,2D,4D,5D,6D,7D,10D,12D,14D,15D,16D,17D,20D,22D,24D,25D,26D,27D,28D,29D,30D,31D,33D,34D,35D,36D. The first-order valence-corrected chi connectivity index (χ1v) is 17.1. The van der Waals surface area contributed by atoms with Crippen molar-refractivity contribution in [1.82, 2.24) is 4.57 Å². The Labute approximate surface area is 364 Å². The molecule has 0 N–H and O–H groups in total. The summed E-state index contributed by atoms with van der Waals surface area (Å²) in [7, 11) is 0. The van der Waals surface area contributed by atoms with Crippen LogP contribution in [0.4, 0.5) is 17.1 Å². The number of rotatable bonds is 8. The van der Waals surface area contributed by atoms with E-state index in [0.29, 0.717) is 15.8 Å². The van der Waals surface area contributed by atoms with E-state index >= 15 is 0 Å². The summed E-state index contributed by atoms with van der Waals surface area (Å²) in [5.74, 6) is 0. The first-order chi connectivity index (χ1) is 38.6. The van der Waals surface area contributed by atoms with Crippen LogP contribution in [-0.4, -0.2) is 4.57 Å². The second kappa shape index (κ2) is 14.4. The summed E-state index contributed by atoms with van der Waals surface area (Å²) in [5.41, 5.74) is -6.07. The van der Waals surface area contributed by atoms with Gasteiger partial charge in [0.15, 0.2) is 0 Å². The highest BCUT2D eigenvalue weighted by molar-refractivity contribution is 6.10. The van der Waals surface area contributed by atoms with Crippen LogP contribution < -0.4 is 4.90 Å². The summed E-state index contributed by atoms with van der Waals surface area (Å²) in [4.78, 5) is 0.455. The Balaban J connectivity index is 1.31. The summed E-state index contributed by atoms with van der Waals surface area (Å²) in [6.45, 7) is 0. The molecular weight excluding hydrogens is 677 g/mol. The molecule has 2 heteroatoms. The lowest BCUT2D eigenvalue weighted by Gasteiger charge is -2.28. The van der Waals surface area contributed by atoms with Crippen molar-refractivity contribution in [3.05, 3.63) is 230 Å². The third-order valence-electron chi connectivity index (χ3n) is 8.91. The second-order valence-corrected chi connectivity index (χ2v) is 12.2. The van der Waals surface area contributed by atoms with Gasteiger partial charge in [0.1, 0.15) is 0 Å². The van der Waals surface area contributed by atoms with Gasteiger partial charge in [0, 0.05) is 33.4 Å². The molecule has 9 aromatic carbocycles. The van der Waals surface area contributed by atoms with Crippen LogP contribution in [0.3, 0.4) is 0 Å². The number of hydrogen-bond donors (Lipinski definition) is 0. The number of nitrogens with zero attached hydrogens (tertiary/aromatic N) is 2. The lowest BCUT2D eigenvalue weighted by Crippen LogP contribution is -2.11. The zero-order valence-electron chi connectivity index (χ0n) is 54.8. The lowest BCUT2D eigenvalue weighted by atomic mass is 9.99. The Morgan fingerprint density at radius 1 is 0.357 bits per heavy atom. The van der Waals surface area contributed by atoms with Crippen molar-refractivity contribution < 1.29 is 35.6 Å². The van der Waals surface area contributed by atoms with Crippen molar-refractivity contribution in [2.24, 2.45) is 0 Å². The fourth-order valence-corrected chi connectivity index (χ4v) is 6.39. The van der Waals surface area contributed by atoms with Gasteiger partial charge >= 0.3 is 0 Å². The molecule has 0 aliphatic carbocycles. The highest BCUT2D eigenvalue weighted by Crippen LogP contribution is 2.42. The van der Waals surface area contributed by atoms with E-state index in [2.05, 4.69) is 0 Å². The Hall–Kier alpha value is -7.42. The van der Waals surface area contributed by atoms with E-state index in [1.807, 2.05) is 59.2 Å². The van der Waals surface area contributed by atoms with Crippen LogP contribution in [0.2, 0.25) is 0 Å². The Bertz CT molecular complexity index is 4330. The average molecular weight is 741 g/mol. The van der Waals surface area contributed by atoms with Gasteiger partial charge in [-0.15, -0.1) is 0 Å². The summed E-state index contributed by atoms with van der Waals surface area (Å²) in [6, 6.07) is -4.47. The molecule has 0 unspecified atom stereocenters. The maximum absolute atomic E-state index is 9.77. The fraction of sp³-hybridized carbons (Fsp3) is 0. The van der Waals surface area contributed by atoms with Crippen LogP contribution >= 0.6 is 0 Å². The van der Waals surface area contributed by atoms with E-state index in [4.69, 9.17) is 21.9 Å². The molecule has 1 heterocycles. The van der Waals surface area contributed by atoms with E-state index in [0.717, 1.165) is 16.6 Å². The molecule has 10 aromatic rings. The van der Waals surface area contributed by atoms with Gasteiger partial charge in [0.2, 0.25) is 0 Å². The van der Waals surface area contributed by atoms with Crippen molar-refractivity contribution >= 4 is 38.9 Å². The quantitative estimate of drug-likeness (QED) is 0.151. The summed E-state index contributed by atoms with van der Waals surface area (Å²) >= 11 is 0. The van der Waals surface area contributed by atoms with Crippen LogP contribution in [-0.2, 0) is 0 Å². The fourth-order valence-electron chi connectivity index (χ4n) is 6.39. The van der Waals surface area contributed by atoms with E-state index in [1.54, 1.807) is 18.2 Å². The van der Waals surface area contributed by atoms with Gasteiger partial charge in [-0.1, -0.05) is 169 Å². The molecule has 0 saturated carbocycles. The zero-order chi connectivity index (χ0) is 59.9. The molecule has 10 rings (SSSR count). The largest absolute Gasteiger partial charge is 0.310 e. The Kier molecular flexibility index (Phi) is 4.06. The van der Waals surface area contributed by atoms with Crippen LogP contribution in [0.15, 0.2) is 230 Å². The molecule has 0 spiro atoms. The van der Waals surface area contributed by atoms with Crippen molar-refractivity contribution in [3.8, 4) is 50.2 Å². The van der Waals surface area contributed by atoms with Crippen molar-refractivity contribution in [2.45, 2.75) is 0 Å². The van der Waals surface area contributed by atoms with Crippen LogP contribution in [0.1, 0.15) is 35.6 Å². The minimum Gasteiger partial charge on any atom is -0.310 e. The minimum absolute atomic E-state index is 0.158. The molecule has 0 aliphatic heterocycles. The lowest BCUT2D eigenvalue weighted by molar-refractivity contribution is 1.18. The van der Waals surface area contributed by atoms with Gasteiger partial charge in [0.05, 0.1) is 52.4 Å². The molecule has 0 radical (unpaired) electrons. The highest BCUT2D eigenvalue weighted by atomic mass is 15.1. The Morgan fingerprint density at radius 2 is 0.839 bits per heavy atom. The number of para-hydroxylation sites is 3. The molecule has 0 fully saturated rings. The van der Waals surface area contributed by atoms with Gasteiger partial charge < -0.3 is 9.47 Å². The van der Waals surface area contributed by atoms with Crippen molar-refractivity contribution in [3.63, 3.8) is 0 Å². The van der Waals surface area contributed by atoms with Crippen LogP contribution in [0.25, 0.3) is 72.0 Å². The van der Waals surface area contributed by atoms with Gasteiger partial charge in [-0.3, -0.25) is 0 Å². The topological polar surface area (TPSA) is 8.17 Å². The maximum atomic E-state index is 9.77. The summed E-state index contributed by atoms with van der Waals surface area (Å²) in [5, 5.41) is 1.39. The number of hydrogen-bond acceptors (Lipinski definition) is 1. The molecule has 0 amide bonds. The van der Waals surface area contributed by atoms with E-state index < -0.39 is 208 Å². The number of fused-ring (bicyclic) bond motifs is 3. The van der Waals surface area contributed by atoms with Crippen LogP contribution in [0.5, 0.6) is 0 Å². The van der Waals surface area contributed by atoms with Gasteiger partial charge in [0.25, 0.3) is 0 Å². The summed E-state index contributed by atoms with van der Waals surface area (Å²) < 4.78 is 237. The second-order valence-electron chi connectivity index (χ2n) is 12.2. The minimum atomic E-state index is -1.23. The molecule has 2 nitrogen and oxygen atoms in total. The maximum Gasteiger partial charge on any atom is 0.0645 e. The molecule has 0 bridgehead atoms. The number of aromatic nitrogens is 1. The van der Waals surface area contributed by atoms with Crippen LogP contribution in [0, 0.1) is 0 Å². The van der Waals surface area contributed by atoms with E-state index in [9.17, 15) is 13.7 Å². The number of benzene rings is 9. The number of anilines is 3. The normalized spacial score (nSPS) is 17.7. The molecule has 56 heavy (non-hydrogen) atoms. The Morgan fingerprint density at radius 3 is 1.48 bits per heavy atom. The SMILES string of the molecule is [2H]c1c([2H])c([2H])c(-c2c([2H])c([2H])c(-c3c([2H])c([2H])c(N(c4c([2H])c([2H])c(-c5ccc6c(c5)c5ccccc5n6-c5ccccc5)c([2H])c4[2H])c4c([2H])c([2H])c([2H])c([2H])c4-c4c([2H])c([2H])c([2H])c([2H])c4[2H])c([2H])c3[2H])c([2H])c2[2H])c([2H])c1[2H]. The average Bonchev–Trinajstić information content (AvgIpc) is 1.26. The third-order valence-corrected chi connectivity index (χ3v) is 8.91. The van der Waals surface area contributed by atoms with Gasteiger partial charge in [-0.05, 0) is 99.5 Å². The van der Waals surface area contributed by atoms with Crippen molar-refractivity contribution in [1.29, 1.82) is 0 Å². The molecule has 0 atom stereocenters. The predicted octanol–water partition coefficient (Wildman–Crippen LogP) is 14.9.